The van der Waals surface area contributed by atoms with Gasteiger partial charge in [-0.1, -0.05) is 12.1 Å². The van der Waals surface area contributed by atoms with E-state index in [0.29, 0.717) is 32.1 Å². The molecule has 1 N–H and O–H groups in total. The first-order valence-electron chi connectivity index (χ1n) is 9.72. The molecule has 0 spiro atoms. The molecule has 156 valence electrons. The summed E-state index contributed by atoms with van der Waals surface area (Å²) in [7, 11) is 3.56. The Balaban J connectivity index is 1.55. The molecule has 1 aliphatic rings. The average Bonchev–Trinajstić information content (AvgIpc) is 3.14. The Morgan fingerprint density at radius 1 is 1.31 bits per heavy atom. The number of nitrogens with zero attached hydrogens (tertiary/aromatic N) is 3. The average molecular weight is 400 g/mol. The van der Waals surface area contributed by atoms with Crippen LogP contribution in [0.3, 0.4) is 0 Å². The number of methoxy groups -OCH3 is 1. The molecule has 2 heterocycles. The predicted molar refractivity (Wildman–Crippen MR) is 108 cm³/mol. The molecule has 1 aliphatic heterocycles. The second kappa shape index (κ2) is 9.09. The molecule has 0 aliphatic carbocycles. The first kappa shape index (κ1) is 20.9. The number of oxazole rings is 1. The summed E-state index contributed by atoms with van der Waals surface area (Å²) in [6.45, 7) is 5.73. The normalized spacial score (nSPS) is 17.2. The number of carbonyl (C=O) groups is 2. The van der Waals surface area contributed by atoms with E-state index in [-0.39, 0.29) is 17.5 Å². The molecule has 1 fully saturated rings. The Bertz CT molecular complexity index is 879. The minimum Gasteiger partial charge on any atom is -0.496 e. The van der Waals surface area contributed by atoms with E-state index in [1.54, 1.807) is 18.9 Å². The van der Waals surface area contributed by atoms with E-state index in [9.17, 15) is 9.59 Å². The van der Waals surface area contributed by atoms with Crippen molar-refractivity contribution in [3.05, 3.63) is 47.2 Å². The van der Waals surface area contributed by atoms with E-state index in [1.807, 2.05) is 31.0 Å². The van der Waals surface area contributed by atoms with Crippen molar-refractivity contribution < 1.29 is 18.7 Å². The number of carbonyl (C=O) groups excluding carboxylic acids is 2. The molecular weight excluding hydrogens is 372 g/mol. The van der Waals surface area contributed by atoms with Crippen molar-refractivity contribution in [1.29, 1.82) is 0 Å². The van der Waals surface area contributed by atoms with Crippen LogP contribution >= 0.6 is 0 Å². The first-order chi connectivity index (χ1) is 13.9. The van der Waals surface area contributed by atoms with Gasteiger partial charge in [-0.2, -0.15) is 0 Å². The fourth-order valence-corrected chi connectivity index (χ4v) is 3.51. The number of benzene rings is 1. The Hall–Kier alpha value is -2.87. The van der Waals surface area contributed by atoms with Crippen LogP contribution in [0, 0.1) is 13.8 Å². The third-order valence-electron chi connectivity index (χ3n) is 5.25. The number of amides is 2. The fourth-order valence-electron chi connectivity index (χ4n) is 3.51. The second-order valence-electron chi connectivity index (χ2n) is 7.34. The molecule has 1 atom stereocenters. The van der Waals surface area contributed by atoms with Crippen molar-refractivity contribution in [1.82, 2.24) is 20.1 Å². The Morgan fingerprint density at radius 3 is 2.76 bits per heavy atom. The topological polar surface area (TPSA) is 87.9 Å². The maximum atomic E-state index is 12.7. The smallest absolute Gasteiger partial charge is 0.275 e. The van der Waals surface area contributed by atoms with E-state index >= 15 is 0 Å². The maximum absolute atomic E-state index is 12.7. The van der Waals surface area contributed by atoms with Crippen molar-refractivity contribution in [2.75, 3.05) is 40.3 Å². The van der Waals surface area contributed by atoms with E-state index < -0.39 is 6.04 Å². The number of hydrogen-bond acceptors (Lipinski definition) is 6. The van der Waals surface area contributed by atoms with Crippen LogP contribution in [0.4, 0.5) is 0 Å². The van der Waals surface area contributed by atoms with E-state index in [0.717, 1.165) is 23.3 Å². The second-order valence-corrected chi connectivity index (χ2v) is 7.34. The summed E-state index contributed by atoms with van der Waals surface area (Å²) in [6.07, 6.45) is 2.09. The number of hydrogen-bond donors (Lipinski definition) is 1. The molecule has 1 aromatic carbocycles. The van der Waals surface area contributed by atoms with Crippen molar-refractivity contribution in [3.8, 4) is 5.75 Å². The summed E-state index contributed by atoms with van der Waals surface area (Å²) in [5, 5.41) is 3.00. The Kier molecular flexibility index (Phi) is 6.53. The van der Waals surface area contributed by atoms with Gasteiger partial charge in [0, 0.05) is 33.1 Å². The number of piperazine rings is 1. The highest BCUT2D eigenvalue weighted by Crippen LogP contribution is 2.18. The van der Waals surface area contributed by atoms with Gasteiger partial charge < -0.3 is 19.4 Å². The van der Waals surface area contributed by atoms with Gasteiger partial charge >= 0.3 is 0 Å². The van der Waals surface area contributed by atoms with Gasteiger partial charge in [0.05, 0.1) is 7.11 Å². The lowest BCUT2D eigenvalue weighted by Crippen LogP contribution is -2.58. The Morgan fingerprint density at radius 2 is 2.10 bits per heavy atom. The zero-order valence-electron chi connectivity index (χ0n) is 17.4. The number of ether oxygens (including phenoxy) is 1. The molecule has 0 bridgehead atoms. The fraction of sp³-hybridized carbons (Fsp3) is 0.476. The van der Waals surface area contributed by atoms with Crippen LogP contribution in [-0.2, 0) is 11.2 Å². The van der Waals surface area contributed by atoms with Gasteiger partial charge in [-0.3, -0.25) is 14.5 Å². The number of aryl methyl sites for hydroxylation is 2. The molecule has 8 nitrogen and oxygen atoms in total. The molecule has 1 aromatic heterocycles. The monoisotopic (exact) mass is 400 g/mol. The van der Waals surface area contributed by atoms with Crippen LogP contribution in [0.2, 0.25) is 0 Å². The van der Waals surface area contributed by atoms with Gasteiger partial charge in [-0.15, -0.1) is 0 Å². The number of likely N-dealkylation sites (N-methyl/N-ethyl adjacent to an activating group) is 1. The summed E-state index contributed by atoms with van der Waals surface area (Å²) in [5.74, 6) is 1.02. The molecule has 0 radical (unpaired) electrons. The van der Waals surface area contributed by atoms with Gasteiger partial charge in [0.1, 0.15) is 18.1 Å². The van der Waals surface area contributed by atoms with Crippen molar-refractivity contribution in [2.24, 2.45) is 0 Å². The van der Waals surface area contributed by atoms with Crippen LogP contribution in [0.25, 0.3) is 0 Å². The van der Waals surface area contributed by atoms with Crippen LogP contribution in [0.15, 0.2) is 28.9 Å². The lowest BCUT2D eigenvalue weighted by molar-refractivity contribution is -0.127. The minimum absolute atomic E-state index is 0.0773. The number of rotatable bonds is 6. The lowest BCUT2D eigenvalue weighted by Gasteiger charge is -2.38. The standard InChI is InChI=1S/C21H28N4O4/c1-14-11-16(5-6-19(14)28-4)7-8-22-20(26)18-12-25(10-9-24(18)3)21(27)17-13-29-15(2)23-17/h5-6,11,13,18H,7-10,12H2,1-4H3,(H,22,26). The molecule has 1 saturated heterocycles. The van der Waals surface area contributed by atoms with Gasteiger partial charge in [0.2, 0.25) is 5.91 Å². The van der Waals surface area contributed by atoms with Crippen molar-refractivity contribution in [2.45, 2.75) is 26.3 Å². The third-order valence-corrected chi connectivity index (χ3v) is 5.25. The lowest BCUT2D eigenvalue weighted by atomic mass is 10.1. The van der Waals surface area contributed by atoms with E-state index in [4.69, 9.17) is 9.15 Å². The van der Waals surface area contributed by atoms with Crippen LogP contribution < -0.4 is 10.1 Å². The molecule has 8 heteroatoms. The highest BCUT2D eigenvalue weighted by molar-refractivity contribution is 5.93. The highest BCUT2D eigenvalue weighted by atomic mass is 16.5. The predicted octanol–water partition coefficient (Wildman–Crippen LogP) is 1.42. The highest BCUT2D eigenvalue weighted by Gasteiger charge is 2.33. The van der Waals surface area contributed by atoms with E-state index in [2.05, 4.69) is 16.4 Å². The summed E-state index contributed by atoms with van der Waals surface area (Å²) in [4.78, 5) is 33.1. The first-order valence-corrected chi connectivity index (χ1v) is 9.72. The summed E-state index contributed by atoms with van der Waals surface area (Å²) in [5.41, 5.74) is 2.49. The summed E-state index contributed by atoms with van der Waals surface area (Å²) >= 11 is 0. The van der Waals surface area contributed by atoms with Crippen LogP contribution in [0.1, 0.15) is 27.5 Å². The van der Waals surface area contributed by atoms with Gasteiger partial charge in [-0.05, 0) is 37.6 Å². The molecule has 3 rings (SSSR count). The van der Waals surface area contributed by atoms with Gasteiger partial charge in [-0.25, -0.2) is 4.98 Å². The zero-order valence-corrected chi connectivity index (χ0v) is 17.4. The van der Waals surface area contributed by atoms with Crippen molar-refractivity contribution >= 4 is 11.8 Å². The van der Waals surface area contributed by atoms with Crippen LogP contribution in [-0.4, -0.2) is 73.0 Å². The number of aromatic nitrogens is 1. The van der Waals surface area contributed by atoms with Crippen molar-refractivity contribution in [3.63, 3.8) is 0 Å². The number of nitrogens with one attached hydrogen (secondary N) is 1. The summed E-state index contributed by atoms with van der Waals surface area (Å²) < 4.78 is 10.4. The van der Waals surface area contributed by atoms with Crippen LogP contribution in [0.5, 0.6) is 5.75 Å². The van der Waals surface area contributed by atoms with Gasteiger partial charge in [0.15, 0.2) is 11.6 Å². The summed E-state index contributed by atoms with van der Waals surface area (Å²) in [6, 6.07) is 5.62. The van der Waals surface area contributed by atoms with E-state index in [1.165, 1.54) is 6.26 Å². The Labute approximate surface area is 170 Å². The minimum atomic E-state index is -0.390. The molecule has 29 heavy (non-hydrogen) atoms. The molecule has 2 aromatic rings. The quantitative estimate of drug-likeness (QED) is 0.789. The molecule has 1 unspecified atom stereocenters. The SMILES string of the molecule is COc1ccc(CCNC(=O)C2CN(C(=O)c3coc(C)n3)CCN2C)cc1C. The molecule has 0 saturated carbocycles. The largest absolute Gasteiger partial charge is 0.496 e. The molecule has 2 amide bonds. The van der Waals surface area contributed by atoms with Gasteiger partial charge in [0.25, 0.3) is 5.91 Å². The molecular formula is C21H28N4O4. The third kappa shape index (κ3) is 4.95. The zero-order chi connectivity index (χ0) is 21.0. The maximum Gasteiger partial charge on any atom is 0.275 e.